The molecule has 5 nitrogen and oxygen atoms in total. The zero-order valence-corrected chi connectivity index (χ0v) is 22.5. The van der Waals surface area contributed by atoms with E-state index in [-0.39, 0.29) is 22.4 Å². The molecule has 1 saturated heterocycles. The van der Waals surface area contributed by atoms with Gasteiger partial charge in [-0.15, -0.1) is 0 Å². The number of fused-ring (bicyclic) bond motifs is 5. The molecule has 0 bridgehead atoms. The van der Waals surface area contributed by atoms with Crippen molar-refractivity contribution in [2.45, 2.75) is 76.6 Å². The van der Waals surface area contributed by atoms with Gasteiger partial charge in [-0.2, -0.15) is 0 Å². The Balaban J connectivity index is 1.21. The highest BCUT2D eigenvalue weighted by Gasteiger charge is 2.64. The number of hydrogen-bond donors (Lipinski definition) is 2. The van der Waals surface area contributed by atoms with E-state index in [2.05, 4.69) is 40.8 Å². The SMILES string of the molecule is CC12CCC3(CC1=CCC1C2CCC2(C)C1CCC2(O)CN=Cc1cc(Br)ccc1O)OCCO3. The van der Waals surface area contributed by atoms with E-state index in [1.807, 2.05) is 12.1 Å². The maximum absolute atomic E-state index is 11.9. The summed E-state index contributed by atoms with van der Waals surface area (Å²) >= 11 is 3.46. The van der Waals surface area contributed by atoms with Crippen LogP contribution in [0.4, 0.5) is 0 Å². The lowest BCUT2D eigenvalue weighted by Gasteiger charge is -2.59. The van der Waals surface area contributed by atoms with Gasteiger partial charge in [-0.3, -0.25) is 4.99 Å². The first-order valence-electron chi connectivity index (χ1n) is 13.4. The van der Waals surface area contributed by atoms with Crippen molar-refractivity contribution < 1.29 is 19.7 Å². The minimum Gasteiger partial charge on any atom is -0.507 e. The Hall–Kier alpha value is -1.21. The molecule has 2 N–H and O–H groups in total. The standard InChI is InChI=1S/C29H38BrNO4/c1-26-11-12-29(34-13-14-35-29)16-20(26)3-5-22-23(26)7-9-27(2)24(22)8-10-28(27,33)18-31-17-19-15-21(30)4-6-25(19)32/h3-4,6,15,17,22-24,32-33H,5,7-14,16,18H2,1-2H3. The highest BCUT2D eigenvalue weighted by Crippen LogP contribution is 2.68. The highest BCUT2D eigenvalue weighted by molar-refractivity contribution is 9.10. The summed E-state index contributed by atoms with van der Waals surface area (Å²) in [5.74, 6) is 1.65. The fraction of sp³-hybridized carbons (Fsp3) is 0.690. The van der Waals surface area contributed by atoms with Crippen molar-refractivity contribution in [3.05, 3.63) is 39.9 Å². The van der Waals surface area contributed by atoms with Gasteiger partial charge in [0.05, 0.1) is 25.4 Å². The summed E-state index contributed by atoms with van der Waals surface area (Å²) in [4.78, 5) is 4.66. The maximum Gasteiger partial charge on any atom is 0.172 e. The molecule has 0 radical (unpaired) electrons. The summed E-state index contributed by atoms with van der Waals surface area (Å²) in [5, 5.41) is 22.1. The second-order valence-corrected chi connectivity index (χ2v) is 13.2. The van der Waals surface area contributed by atoms with Crippen molar-refractivity contribution >= 4 is 22.1 Å². The summed E-state index contributed by atoms with van der Waals surface area (Å²) < 4.78 is 13.1. The molecule has 5 aliphatic rings. The zero-order valence-electron chi connectivity index (χ0n) is 20.9. The molecule has 6 unspecified atom stereocenters. The van der Waals surface area contributed by atoms with E-state index >= 15 is 0 Å². The summed E-state index contributed by atoms with van der Waals surface area (Å²) in [6, 6.07) is 5.33. The summed E-state index contributed by atoms with van der Waals surface area (Å²) in [7, 11) is 0. The summed E-state index contributed by atoms with van der Waals surface area (Å²) in [6.07, 6.45) is 12.5. The molecule has 1 heterocycles. The number of nitrogens with zero attached hydrogens (tertiary/aromatic N) is 1. The van der Waals surface area contributed by atoms with Gasteiger partial charge >= 0.3 is 0 Å². The number of halogens is 1. The van der Waals surface area contributed by atoms with Gasteiger partial charge in [0.15, 0.2) is 5.79 Å². The van der Waals surface area contributed by atoms with Gasteiger partial charge < -0.3 is 19.7 Å². The lowest BCUT2D eigenvalue weighted by atomic mass is 9.46. The largest absolute Gasteiger partial charge is 0.507 e. The van der Waals surface area contributed by atoms with Gasteiger partial charge in [-0.25, -0.2) is 0 Å². The van der Waals surface area contributed by atoms with Crippen molar-refractivity contribution in [2.24, 2.45) is 33.6 Å². The molecule has 0 amide bonds. The monoisotopic (exact) mass is 543 g/mol. The van der Waals surface area contributed by atoms with Crippen LogP contribution < -0.4 is 0 Å². The number of phenolic OH excluding ortho intramolecular Hbond substituents is 1. The molecule has 4 fully saturated rings. The van der Waals surface area contributed by atoms with E-state index in [9.17, 15) is 10.2 Å². The van der Waals surface area contributed by atoms with Crippen LogP contribution in [0, 0.1) is 28.6 Å². The normalized spacial score (nSPS) is 42.1. The second-order valence-electron chi connectivity index (χ2n) is 12.2. The van der Waals surface area contributed by atoms with Crippen LogP contribution in [-0.2, 0) is 9.47 Å². The number of phenols is 1. The minimum absolute atomic E-state index is 0.125. The number of ether oxygens (including phenoxy) is 2. The number of hydrogen-bond acceptors (Lipinski definition) is 5. The van der Waals surface area contributed by atoms with E-state index in [0.717, 1.165) is 62.6 Å². The molecule has 1 aliphatic heterocycles. The van der Waals surface area contributed by atoms with Crippen LogP contribution in [0.5, 0.6) is 5.75 Å². The molecule has 35 heavy (non-hydrogen) atoms. The Labute approximate surface area is 217 Å². The molecular formula is C29H38BrNO4. The lowest BCUT2D eigenvalue weighted by Crippen LogP contribution is -2.56. The Kier molecular flexibility index (Phi) is 5.80. The van der Waals surface area contributed by atoms with E-state index in [4.69, 9.17) is 9.47 Å². The Morgan fingerprint density at radius 1 is 1.09 bits per heavy atom. The average molecular weight is 545 g/mol. The topological polar surface area (TPSA) is 71.3 Å². The first kappa shape index (κ1) is 24.1. The second kappa shape index (κ2) is 8.41. The third-order valence-electron chi connectivity index (χ3n) is 10.8. The molecule has 4 aliphatic carbocycles. The minimum atomic E-state index is -0.798. The van der Waals surface area contributed by atoms with Gasteiger partial charge in [-0.05, 0) is 79.9 Å². The molecule has 3 saturated carbocycles. The van der Waals surface area contributed by atoms with Gasteiger partial charge in [-0.1, -0.05) is 41.4 Å². The average Bonchev–Trinajstić information content (AvgIpc) is 3.39. The van der Waals surface area contributed by atoms with Gasteiger partial charge in [0.1, 0.15) is 5.75 Å². The molecule has 1 aromatic rings. The third kappa shape index (κ3) is 3.69. The van der Waals surface area contributed by atoms with Crippen molar-refractivity contribution in [3.8, 4) is 5.75 Å². The quantitative estimate of drug-likeness (QED) is 0.361. The van der Waals surface area contributed by atoms with Gasteiger partial charge in [0.2, 0.25) is 0 Å². The number of aliphatic hydroxyl groups is 1. The predicted molar refractivity (Wildman–Crippen MR) is 140 cm³/mol. The predicted octanol–water partition coefficient (Wildman–Crippen LogP) is 6.01. The smallest absolute Gasteiger partial charge is 0.172 e. The fourth-order valence-corrected chi connectivity index (χ4v) is 9.02. The number of rotatable bonds is 3. The van der Waals surface area contributed by atoms with Gasteiger partial charge in [0.25, 0.3) is 0 Å². The molecule has 0 aromatic heterocycles. The first-order chi connectivity index (χ1) is 16.7. The van der Waals surface area contributed by atoms with Crippen LogP contribution in [-0.4, -0.2) is 47.6 Å². The highest BCUT2D eigenvalue weighted by atomic mass is 79.9. The number of allylic oxidation sites excluding steroid dienone is 1. The van der Waals surface area contributed by atoms with E-state index in [1.165, 1.54) is 6.42 Å². The van der Waals surface area contributed by atoms with E-state index < -0.39 is 5.60 Å². The maximum atomic E-state index is 11.9. The lowest BCUT2D eigenvalue weighted by molar-refractivity contribution is -0.187. The van der Waals surface area contributed by atoms with E-state index in [1.54, 1.807) is 17.9 Å². The van der Waals surface area contributed by atoms with Crippen molar-refractivity contribution in [1.29, 1.82) is 0 Å². The number of benzene rings is 1. The molecule has 6 rings (SSSR count). The molecule has 1 aromatic carbocycles. The van der Waals surface area contributed by atoms with Crippen LogP contribution in [0.15, 0.2) is 39.3 Å². The molecule has 6 heteroatoms. The molecule has 1 spiro atoms. The van der Waals surface area contributed by atoms with Crippen LogP contribution in [0.1, 0.15) is 70.8 Å². The number of aromatic hydroxyl groups is 1. The van der Waals surface area contributed by atoms with Crippen LogP contribution in [0.3, 0.4) is 0 Å². The van der Waals surface area contributed by atoms with Crippen molar-refractivity contribution in [1.82, 2.24) is 0 Å². The fourth-order valence-electron chi connectivity index (χ4n) is 8.64. The van der Waals surface area contributed by atoms with Crippen molar-refractivity contribution in [2.75, 3.05) is 19.8 Å². The van der Waals surface area contributed by atoms with Gasteiger partial charge in [0, 0.05) is 34.5 Å². The summed E-state index contributed by atoms with van der Waals surface area (Å²) in [5.41, 5.74) is 1.53. The van der Waals surface area contributed by atoms with Crippen LogP contribution in [0.25, 0.3) is 0 Å². The van der Waals surface area contributed by atoms with Crippen LogP contribution >= 0.6 is 15.9 Å². The zero-order chi connectivity index (χ0) is 24.5. The Morgan fingerprint density at radius 3 is 2.66 bits per heavy atom. The Morgan fingerprint density at radius 2 is 1.86 bits per heavy atom. The summed E-state index contributed by atoms with van der Waals surface area (Å²) in [6.45, 7) is 6.65. The molecule has 190 valence electrons. The molecular weight excluding hydrogens is 506 g/mol. The first-order valence-corrected chi connectivity index (χ1v) is 14.2. The van der Waals surface area contributed by atoms with E-state index in [0.29, 0.717) is 29.9 Å². The molecule has 6 atom stereocenters. The third-order valence-corrected chi connectivity index (χ3v) is 11.3. The van der Waals surface area contributed by atoms with Crippen molar-refractivity contribution in [3.63, 3.8) is 0 Å². The van der Waals surface area contributed by atoms with Crippen LogP contribution in [0.2, 0.25) is 0 Å². The number of aliphatic imine (C=N–C) groups is 1. The Bertz CT molecular complexity index is 1060.